The van der Waals surface area contributed by atoms with Crippen LogP contribution in [0.5, 0.6) is 0 Å². The molecule has 126 valence electrons. The number of nitrogens with zero attached hydrogens (tertiary/aromatic N) is 1. The molecule has 2 aromatic carbocycles. The maximum atomic E-state index is 13.1. The molecule has 0 radical (unpaired) electrons. The molecule has 0 spiro atoms. The summed E-state index contributed by atoms with van der Waals surface area (Å²) >= 11 is 0. The van der Waals surface area contributed by atoms with Gasteiger partial charge in [-0.1, -0.05) is 6.07 Å². The number of aliphatic hydroxyl groups is 1. The Morgan fingerprint density at radius 3 is 2.38 bits per heavy atom. The number of piperidine rings is 1. The summed E-state index contributed by atoms with van der Waals surface area (Å²) in [5.74, 6) is -0.399. The van der Waals surface area contributed by atoms with Gasteiger partial charge in [0, 0.05) is 30.2 Å². The van der Waals surface area contributed by atoms with E-state index in [1.807, 2.05) is 24.3 Å². The molecule has 0 aromatic heterocycles. The normalized spacial score (nSPS) is 15.2. The van der Waals surface area contributed by atoms with Crippen molar-refractivity contribution < 1.29 is 14.3 Å². The van der Waals surface area contributed by atoms with Gasteiger partial charge in [-0.05, 0) is 55.3 Å². The van der Waals surface area contributed by atoms with Gasteiger partial charge in [-0.3, -0.25) is 0 Å². The molecule has 2 aromatic rings. The first kappa shape index (κ1) is 16.3. The molecule has 0 unspecified atom stereocenters. The smallest absolute Gasteiger partial charge is 0.323 e. The Morgan fingerprint density at radius 2 is 1.71 bits per heavy atom. The number of benzene rings is 2. The molecule has 1 saturated heterocycles. The second kappa shape index (κ2) is 7.31. The van der Waals surface area contributed by atoms with Gasteiger partial charge in [-0.15, -0.1) is 0 Å². The number of halogens is 1. The highest BCUT2D eigenvalue weighted by Gasteiger charge is 2.17. The molecular formula is C18H20FN3O2. The van der Waals surface area contributed by atoms with E-state index in [-0.39, 0.29) is 6.10 Å². The highest BCUT2D eigenvalue weighted by Crippen LogP contribution is 2.22. The van der Waals surface area contributed by atoms with Crippen molar-refractivity contribution in [3.8, 4) is 0 Å². The standard InChI is InChI=1S/C18H20FN3O2/c19-13-2-1-3-15(12-13)21-18(24)20-14-4-6-16(7-5-14)22-10-8-17(23)9-11-22/h1-7,12,17,23H,8-11H2,(H2,20,21,24). The predicted octanol–water partition coefficient (Wildman–Crippen LogP) is 3.43. The van der Waals surface area contributed by atoms with Crippen LogP contribution < -0.4 is 15.5 Å². The summed E-state index contributed by atoms with van der Waals surface area (Å²) in [5.41, 5.74) is 2.12. The Labute approximate surface area is 140 Å². The zero-order valence-electron chi connectivity index (χ0n) is 13.2. The first-order valence-corrected chi connectivity index (χ1v) is 7.97. The van der Waals surface area contributed by atoms with E-state index in [1.54, 1.807) is 6.07 Å². The third-order valence-corrected chi connectivity index (χ3v) is 4.04. The van der Waals surface area contributed by atoms with Crippen molar-refractivity contribution in [3.63, 3.8) is 0 Å². The zero-order valence-corrected chi connectivity index (χ0v) is 13.2. The number of carbonyl (C=O) groups excluding carboxylic acids is 1. The van der Waals surface area contributed by atoms with Crippen molar-refractivity contribution in [1.29, 1.82) is 0 Å². The Balaban J connectivity index is 1.56. The Bertz CT molecular complexity index is 698. The lowest BCUT2D eigenvalue weighted by Gasteiger charge is -2.31. The summed E-state index contributed by atoms with van der Waals surface area (Å²) in [6, 6.07) is 12.8. The Kier molecular flexibility index (Phi) is 4.96. The fourth-order valence-electron chi connectivity index (χ4n) is 2.74. The number of hydrogen-bond acceptors (Lipinski definition) is 3. The van der Waals surface area contributed by atoms with Crippen LogP contribution in [0.1, 0.15) is 12.8 Å². The molecule has 0 bridgehead atoms. The van der Waals surface area contributed by atoms with E-state index in [1.165, 1.54) is 18.2 Å². The molecular weight excluding hydrogens is 309 g/mol. The Morgan fingerprint density at radius 1 is 1.04 bits per heavy atom. The van der Waals surface area contributed by atoms with E-state index >= 15 is 0 Å². The summed E-state index contributed by atoms with van der Waals surface area (Å²) < 4.78 is 13.1. The lowest BCUT2D eigenvalue weighted by molar-refractivity contribution is 0.145. The number of aliphatic hydroxyl groups excluding tert-OH is 1. The fourth-order valence-corrected chi connectivity index (χ4v) is 2.74. The third kappa shape index (κ3) is 4.23. The minimum Gasteiger partial charge on any atom is -0.393 e. The lowest BCUT2D eigenvalue weighted by atomic mass is 10.1. The monoisotopic (exact) mass is 329 g/mol. The molecule has 3 rings (SSSR count). The van der Waals surface area contributed by atoms with Gasteiger partial charge in [0.2, 0.25) is 0 Å². The summed E-state index contributed by atoms with van der Waals surface area (Å²) in [6.45, 7) is 1.65. The van der Waals surface area contributed by atoms with Crippen LogP contribution in [0, 0.1) is 5.82 Å². The van der Waals surface area contributed by atoms with Crippen LogP contribution in [-0.2, 0) is 0 Å². The van der Waals surface area contributed by atoms with Crippen LogP contribution >= 0.6 is 0 Å². The second-order valence-electron chi connectivity index (χ2n) is 5.85. The fraction of sp³-hybridized carbons (Fsp3) is 0.278. The minimum atomic E-state index is -0.422. The Hall–Kier alpha value is -2.60. The van der Waals surface area contributed by atoms with Crippen LogP contribution in [0.4, 0.5) is 26.2 Å². The van der Waals surface area contributed by atoms with Crippen LogP contribution in [-0.4, -0.2) is 30.3 Å². The van der Waals surface area contributed by atoms with Gasteiger partial charge in [0.05, 0.1) is 6.10 Å². The SMILES string of the molecule is O=C(Nc1ccc(N2CCC(O)CC2)cc1)Nc1cccc(F)c1. The van der Waals surface area contributed by atoms with E-state index in [0.29, 0.717) is 11.4 Å². The number of amides is 2. The largest absolute Gasteiger partial charge is 0.393 e. The molecule has 24 heavy (non-hydrogen) atoms. The van der Waals surface area contributed by atoms with Gasteiger partial charge in [0.25, 0.3) is 0 Å². The first-order valence-electron chi connectivity index (χ1n) is 7.97. The number of anilines is 3. The molecule has 0 saturated carbocycles. The quantitative estimate of drug-likeness (QED) is 0.808. The average molecular weight is 329 g/mol. The molecule has 3 N–H and O–H groups in total. The molecule has 0 aliphatic carbocycles. The van der Waals surface area contributed by atoms with Crippen molar-refractivity contribution in [2.75, 3.05) is 28.6 Å². The lowest BCUT2D eigenvalue weighted by Crippen LogP contribution is -2.35. The second-order valence-corrected chi connectivity index (χ2v) is 5.85. The van der Waals surface area contributed by atoms with Crippen LogP contribution in [0.15, 0.2) is 48.5 Å². The molecule has 1 aliphatic heterocycles. The highest BCUT2D eigenvalue weighted by atomic mass is 19.1. The number of urea groups is 1. The van der Waals surface area contributed by atoms with Crippen molar-refractivity contribution in [2.24, 2.45) is 0 Å². The number of rotatable bonds is 3. The van der Waals surface area contributed by atoms with E-state index in [4.69, 9.17) is 0 Å². The van der Waals surface area contributed by atoms with Crippen molar-refractivity contribution in [2.45, 2.75) is 18.9 Å². The summed E-state index contributed by atoms with van der Waals surface area (Å²) in [7, 11) is 0. The number of hydrogen-bond donors (Lipinski definition) is 3. The van der Waals surface area contributed by atoms with Gasteiger partial charge in [0.15, 0.2) is 0 Å². The first-order chi connectivity index (χ1) is 11.6. The van der Waals surface area contributed by atoms with Crippen LogP contribution in [0.3, 0.4) is 0 Å². The zero-order chi connectivity index (χ0) is 16.9. The van der Waals surface area contributed by atoms with Gasteiger partial charge >= 0.3 is 6.03 Å². The molecule has 6 heteroatoms. The van der Waals surface area contributed by atoms with Gasteiger partial charge in [0.1, 0.15) is 5.82 Å². The van der Waals surface area contributed by atoms with Crippen molar-refractivity contribution in [1.82, 2.24) is 0 Å². The molecule has 2 amide bonds. The summed E-state index contributed by atoms with van der Waals surface area (Å²) in [6.07, 6.45) is 1.35. The molecule has 0 atom stereocenters. The maximum absolute atomic E-state index is 13.1. The van der Waals surface area contributed by atoms with Gasteiger partial charge < -0.3 is 20.6 Å². The minimum absolute atomic E-state index is 0.200. The number of carbonyl (C=O) groups is 1. The average Bonchev–Trinajstić information content (AvgIpc) is 2.56. The van der Waals surface area contributed by atoms with E-state index < -0.39 is 11.8 Å². The maximum Gasteiger partial charge on any atom is 0.323 e. The van der Waals surface area contributed by atoms with Gasteiger partial charge in [-0.25, -0.2) is 9.18 Å². The van der Waals surface area contributed by atoms with Crippen LogP contribution in [0.2, 0.25) is 0 Å². The summed E-state index contributed by atoms with van der Waals surface area (Å²) in [4.78, 5) is 14.1. The van der Waals surface area contributed by atoms with E-state index in [2.05, 4.69) is 15.5 Å². The van der Waals surface area contributed by atoms with E-state index in [9.17, 15) is 14.3 Å². The topological polar surface area (TPSA) is 64.6 Å². The van der Waals surface area contributed by atoms with Crippen molar-refractivity contribution >= 4 is 23.1 Å². The number of nitrogens with one attached hydrogen (secondary N) is 2. The molecule has 1 fully saturated rings. The molecule has 1 aliphatic rings. The molecule has 5 nitrogen and oxygen atoms in total. The highest BCUT2D eigenvalue weighted by molar-refractivity contribution is 5.99. The third-order valence-electron chi connectivity index (χ3n) is 4.04. The molecule has 1 heterocycles. The van der Waals surface area contributed by atoms with Gasteiger partial charge in [-0.2, -0.15) is 0 Å². The predicted molar refractivity (Wildman–Crippen MR) is 92.9 cm³/mol. The van der Waals surface area contributed by atoms with Crippen molar-refractivity contribution in [3.05, 3.63) is 54.3 Å². The van der Waals surface area contributed by atoms with E-state index in [0.717, 1.165) is 31.6 Å². The summed E-state index contributed by atoms with van der Waals surface area (Å²) in [5, 5.41) is 14.9. The van der Waals surface area contributed by atoms with Crippen LogP contribution in [0.25, 0.3) is 0 Å².